The average molecular weight is 304 g/mol. The van der Waals surface area contributed by atoms with Crippen LogP contribution in [0.5, 0.6) is 0 Å². The van der Waals surface area contributed by atoms with Gasteiger partial charge < -0.3 is 10.1 Å². The number of amides is 1. The standard InChI is InChI=1S/C11H18BrN3O2/c1-3-10(15-8-9(12)7-14-15)11(16)13-5-4-6-17-2/h7-8,10H,3-6H2,1-2H3,(H,13,16). The van der Waals surface area contributed by atoms with E-state index in [1.165, 1.54) is 0 Å². The lowest BCUT2D eigenvalue weighted by atomic mass is 10.2. The van der Waals surface area contributed by atoms with Crippen LogP contribution in [0.2, 0.25) is 0 Å². The molecule has 0 saturated heterocycles. The lowest BCUT2D eigenvalue weighted by Crippen LogP contribution is -2.33. The van der Waals surface area contributed by atoms with Gasteiger partial charge in [0.2, 0.25) is 5.91 Å². The highest BCUT2D eigenvalue weighted by Gasteiger charge is 2.18. The van der Waals surface area contributed by atoms with Gasteiger partial charge in [-0.25, -0.2) is 0 Å². The monoisotopic (exact) mass is 303 g/mol. The smallest absolute Gasteiger partial charge is 0.244 e. The molecule has 1 atom stereocenters. The number of aromatic nitrogens is 2. The molecule has 1 heterocycles. The van der Waals surface area contributed by atoms with Crippen molar-refractivity contribution in [2.75, 3.05) is 20.3 Å². The second-order valence-corrected chi connectivity index (χ2v) is 4.62. The first-order valence-electron chi connectivity index (χ1n) is 5.65. The molecule has 1 N–H and O–H groups in total. The molecule has 0 saturated carbocycles. The highest BCUT2D eigenvalue weighted by Crippen LogP contribution is 2.14. The molecule has 0 aliphatic carbocycles. The predicted octanol–water partition coefficient (Wildman–Crippen LogP) is 1.75. The van der Waals surface area contributed by atoms with Crippen molar-refractivity contribution < 1.29 is 9.53 Å². The molecule has 6 heteroatoms. The molecule has 0 radical (unpaired) electrons. The number of carbonyl (C=O) groups excluding carboxylic acids is 1. The maximum Gasteiger partial charge on any atom is 0.244 e. The Labute approximate surface area is 110 Å². The van der Waals surface area contributed by atoms with Crippen molar-refractivity contribution in [2.24, 2.45) is 0 Å². The number of methoxy groups -OCH3 is 1. The third-order valence-corrected chi connectivity index (χ3v) is 2.81. The van der Waals surface area contributed by atoms with Crippen molar-refractivity contribution >= 4 is 21.8 Å². The first kappa shape index (κ1) is 14.2. The molecule has 1 unspecified atom stereocenters. The van der Waals surface area contributed by atoms with Gasteiger partial charge in [0.05, 0.1) is 10.7 Å². The number of ether oxygens (including phenoxy) is 1. The van der Waals surface area contributed by atoms with Crippen LogP contribution in [0.4, 0.5) is 0 Å². The third kappa shape index (κ3) is 4.47. The Hall–Kier alpha value is -0.880. The van der Waals surface area contributed by atoms with Gasteiger partial charge in [0.25, 0.3) is 0 Å². The molecular weight excluding hydrogens is 286 g/mol. The molecule has 5 nitrogen and oxygen atoms in total. The lowest BCUT2D eigenvalue weighted by molar-refractivity contribution is -0.124. The molecule has 1 rings (SSSR count). The van der Waals surface area contributed by atoms with Gasteiger partial charge in [0.15, 0.2) is 0 Å². The van der Waals surface area contributed by atoms with Crippen LogP contribution in [0.3, 0.4) is 0 Å². The van der Waals surface area contributed by atoms with E-state index < -0.39 is 0 Å². The minimum atomic E-state index is -0.246. The van der Waals surface area contributed by atoms with Crippen molar-refractivity contribution in [2.45, 2.75) is 25.8 Å². The number of hydrogen-bond donors (Lipinski definition) is 1. The second kappa shape index (κ2) is 7.45. The first-order chi connectivity index (χ1) is 8.19. The minimum Gasteiger partial charge on any atom is -0.385 e. The van der Waals surface area contributed by atoms with E-state index in [2.05, 4.69) is 26.3 Å². The maximum atomic E-state index is 11.9. The van der Waals surface area contributed by atoms with Crippen molar-refractivity contribution in [3.63, 3.8) is 0 Å². The average Bonchev–Trinajstić information content (AvgIpc) is 2.72. The lowest BCUT2D eigenvalue weighted by Gasteiger charge is -2.15. The summed E-state index contributed by atoms with van der Waals surface area (Å²) in [5.41, 5.74) is 0. The molecule has 0 aliphatic rings. The van der Waals surface area contributed by atoms with E-state index in [1.807, 2.05) is 13.1 Å². The molecule has 0 aliphatic heterocycles. The highest BCUT2D eigenvalue weighted by molar-refractivity contribution is 9.10. The summed E-state index contributed by atoms with van der Waals surface area (Å²) in [4.78, 5) is 11.9. The highest BCUT2D eigenvalue weighted by atomic mass is 79.9. The number of carbonyl (C=O) groups is 1. The summed E-state index contributed by atoms with van der Waals surface area (Å²) in [6, 6.07) is -0.246. The molecule has 1 amide bonds. The van der Waals surface area contributed by atoms with Gasteiger partial charge in [0.1, 0.15) is 6.04 Å². The zero-order valence-corrected chi connectivity index (χ0v) is 11.7. The van der Waals surface area contributed by atoms with E-state index in [0.29, 0.717) is 19.6 Å². The fourth-order valence-corrected chi connectivity index (χ4v) is 1.83. The van der Waals surface area contributed by atoms with Crippen LogP contribution in [-0.4, -0.2) is 35.9 Å². The van der Waals surface area contributed by atoms with Gasteiger partial charge in [-0.3, -0.25) is 9.48 Å². The van der Waals surface area contributed by atoms with Crippen molar-refractivity contribution in [3.8, 4) is 0 Å². The summed E-state index contributed by atoms with van der Waals surface area (Å²) in [6.07, 6.45) is 5.02. The normalized spacial score (nSPS) is 12.4. The van der Waals surface area contributed by atoms with Crippen molar-refractivity contribution in [1.82, 2.24) is 15.1 Å². The van der Waals surface area contributed by atoms with E-state index in [1.54, 1.807) is 18.0 Å². The number of hydrogen-bond acceptors (Lipinski definition) is 3. The van der Waals surface area contributed by atoms with Gasteiger partial charge in [-0.2, -0.15) is 5.10 Å². The summed E-state index contributed by atoms with van der Waals surface area (Å²) < 4.78 is 7.48. The maximum absolute atomic E-state index is 11.9. The van der Waals surface area contributed by atoms with E-state index >= 15 is 0 Å². The van der Waals surface area contributed by atoms with Crippen LogP contribution in [0, 0.1) is 0 Å². The van der Waals surface area contributed by atoms with Gasteiger partial charge in [-0.05, 0) is 28.8 Å². The van der Waals surface area contributed by atoms with Crippen LogP contribution < -0.4 is 5.32 Å². The zero-order chi connectivity index (χ0) is 12.7. The Balaban J connectivity index is 2.47. The predicted molar refractivity (Wildman–Crippen MR) is 68.8 cm³/mol. The van der Waals surface area contributed by atoms with E-state index in [9.17, 15) is 4.79 Å². The molecule has 0 bridgehead atoms. The molecule has 1 aromatic rings. The number of nitrogens with one attached hydrogen (secondary N) is 1. The quantitative estimate of drug-likeness (QED) is 0.781. The summed E-state index contributed by atoms with van der Waals surface area (Å²) in [6.45, 7) is 3.25. The SMILES string of the molecule is CCC(C(=O)NCCCOC)n1cc(Br)cn1. The Kier molecular flexibility index (Phi) is 6.21. The summed E-state index contributed by atoms with van der Waals surface area (Å²) in [5.74, 6) is -0.000738. The number of nitrogens with zero attached hydrogens (tertiary/aromatic N) is 2. The summed E-state index contributed by atoms with van der Waals surface area (Å²) in [7, 11) is 1.65. The van der Waals surface area contributed by atoms with Crippen molar-refractivity contribution in [3.05, 3.63) is 16.9 Å². The van der Waals surface area contributed by atoms with Gasteiger partial charge >= 0.3 is 0 Å². The van der Waals surface area contributed by atoms with Crippen LogP contribution >= 0.6 is 15.9 Å². The Morgan fingerprint density at radius 1 is 1.71 bits per heavy atom. The first-order valence-corrected chi connectivity index (χ1v) is 6.44. The van der Waals surface area contributed by atoms with Gasteiger partial charge in [0, 0.05) is 26.5 Å². The zero-order valence-electron chi connectivity index (χ0n) is 10.1. The van der Waals surface area contributed by atoms with Crippen molar-refractivity contribution in [1.29, 1.82) is 0 Å². The Morgan fingerprint density at radius 3 is 3.00 bits per heavy atom. The van der Waals surface area contributed by atoms with Gasteiger partial charge in [-0.15, -0.1) is 0 Å². The molecular formula is C11H18BrN3O2. The molecule has 0 fully saturated rings. The van der Waals surface area contributed by atoms with Crippen LogP contribution in [-0.2, 0) is 9.53 Å². The summed E-state index contributed by atoms with van der Waals surface area (Å²) in [5, 5.41) is 7.02. The topological polar surface area (TPSA) is 56.1 Å². The third-order valence-electron chi connectivity index (χ3n) is 2.40. The number of halogens is 1. The molecule has 96 valence electrons. The van der Waals surface area contributed by atoms with E-state index in [-0.39, 0.29) is 11.9 Å². The largest absolute Gasteiger partial charge is 0.385 e. The van der Waals surface area contributed by atoms with Crippen LogP contribution in [0.1, 0.15) is 25.8 Å². The second-order valence-electron chi connectivity index (χ2n) is 3.70. The summed E-state index contributed by atoms with van der Waals surface area (Å²) >= 11 is 3.32. The van der Waals surface area contributed by atoms with Gasteiger partial charge in [-0.1, -0.05) is 6.92 Å². The fraction of sp³-hybridized carbons (Fsp3) is 0.636. The number of rotatable bonds is 7. The van der Waals surface area contributed by atoms with E-state index in [0.717, 1.165) is 10.9 Å². The molecule has 0 spiro atoms. The molecule has 17 heavy (non-hydrogen) atoms. The van der Waals surface area contributed by atoms with E-state index in [4.69, 9.17) is 4.74 Å². The fourth-order valence-electron chi connectivity index (χ4n) is 1.52. The molecule has 0 aromatic carbocycles. The Morgan fingerprint density at radius 2 is 2.47 bits per heavy atom. The van der Waals surface area contributed by atoms with Crippen LogP contribution in [0.15, 0.2) is 16.9 Å². The van der Waals surface area contributed by atoms with Crippen LogP contribution in [0.25, 0.3) is 0 Å². The molecule has 1 aromatic heterocycles. The Bertz CT molecular complexity index is 354. The minimum absolute atomic E-state index is 0.000738.